The predicted octanol–water partition coefficient (Wildman–Crippen LogP) is 4.84. The topological polar surface area (TPSA) is 78.0 Å². The lowest BCUT2D eigenvalue weighted by Gasteiger charge is -2.03. The summed E-state index contributed by atoms with van der Waals surface area (Å²) in [4.78, 5) is 22.9. The number of rotatable bonds is 6. The summed E-state index contributed by atoms with van der Waals surface area (Å²) in [6, 6.07) is 11.7. The van der Waals surface area contributed by atoms with Gasteiger partial charge >= 0.3 is 0 Å². The average molecular weight is 400 g/mol. The largest absolute Gasteiger partial charge is 0.289 e. The minimum absolute atomic E-state index is 0.00349. The van der Waals surface area contributed by atoms with Gasteiger partial charge in [0.25, 0.3) is 5.69 Å². The normalized spacial score (nSPS) is 11.1. The zero-order valence-corrected chi connectivity index (χ0v) is 15.6. The number of nitro groups is 1. The maximum Gasteiger partial charge on any atom is 0.280 e. The molecule has 1 heterocycles. The van der Waals surface area contributed by atoms with Crippen LogP contribution in [-0.2, 0) is 6.54 Å². The Morgan fingerprint density at radius 2 is 1.93 bits per heavy atom. The number of hydrogen-bond acceptors (Lipinski definition) is 4. The van der Waals surface area contributed by atoms with E-state index in [4.69, 9.17) is 11.6 Å². The van der Waals surface area contributed by atoms with Crippen molar-refractivity contribution >= 4 is 29.1 Å². The van der Waals surface area contributed by atoms with Crippen LogP contribution >= 0.6 is 11.6 Å². The monoisotopic (exact) mass is 399 g/mol. The Bertz CT molecular complexity index is 1070. The van der Waals surface area contributed by atoms with Crippen LogP contribution in [0.2, 0.25) is 5.15 Å². The number of aromatic nitrogens is 2. The molecule has 0 aliphatic heterocycles. The Hall–Kier alpha value is -3.32. The number of hydrogen-bond donors (Lipinski definition) is 0. The van der Waals surface area contributed by atoms with Crippen molar-refractivity contribution in [2.75, 3.05) is 0 Å². The molecular formula is C20H15ClFN3O3. The van der Waals surface area contributed by atoms with Crippen LogP contribution in [0.1, 0.15) is 27.2 Å². The molecule has 0 bridgehead atoms. The number of benzene rings is 2. The number of ketones is 1. The van der Waals surface area contributed by atoms with Gasteiger partial charge in [0.1, 0.15) is 11.0 Å². The summed E-state index contributed by atoms with van der Waals surface area (Å²) in [5, 5.41) is 15.7. The molecule has 1 aromatic heterocycles. The lowest BCUT2D eigenvalue weighted by molar-refractivity contribution is -0.385. The van der Waals surface area contributed by atoms with Crippen LogP contribution in [0.3, 0.4) is 0 Å². The first-order valence-corrected chi connectivity index (χ1v) is 8.68. The van der Waals surface area contributed by atoms with Gasteiger partial charge in [-0.15, -0.1) is 0 Å². The average Bonchev–Trinajstić information content (AvgIpc) is 2.94. The Labute approximate surface area is 165 Å². The van der Waals surface area contributed by atoms with Crippen LogP contribution in [0.4, 0.5) is 10.1 Å². The number of carbonyl (C=O) groups is 1. The maximum atomic E-state index is 13.0. The highest BCUT2D eigenvalue weighted by atomic mass is 35.5. The van der Waals surface area contributed by atoms with Crippen molar-refractivity contribution in [3.05, 3.63) is 98.1 Å². The molecule has 0 fully saturated rings. The smallest absolute Gasteiger partial charge is 0.280 e. The van der Waals surface area contributed by atoms with E-state index in [2.05, 4.69) is 5.10 Å². The molecule has 8 heteroatoms. The molecule has 0 amide bonds. The van der Waals surface area contributed by atoms with E-state index in [1.54, 1.807) is 29.8 Å². The van der Waals surface area contributed by atoms with E-state index in [0.717, 1.165) is 5.56 Å². The van der Waals surface area contributed by atoms with Gasteiger partial charge in [-0.1, -0.05) is 35.9 Å². The number of aryl methyl sites for hydroxylation is 1. The van der Waals surface area contributed by atoms with Gasteiger partial charge in [-0.25, -0.2) is 9.07 Å². The fourth-order valence-corrected chi connectivity index (χ4v) is 3.01. The predicted molar refractivity (Wildman–Crippen MR) is 104 cm³/mol. The zero-order chi connectivity index (χ0) is 20.3. The van der Waals surface area contributed by atoms with E-state index in [9.17, 15) is 19.3 Å². The third-order valence-electron chi connectivity index (χ3n) is 4.12. The number of nitro benzene ring substituents is 1. The number of allylic oxidation sites excluding steroid dienone is 1. The maximum absolute atomic E-state index is 13.0. The summed E-state index contributed by atoms with van der Waals surface area (Å²) < 4.78 is 14.6. The van der Waals surface area contributed by atoms with E-state index in [1.165, 1.54) is 42.5 Å². The SMILES string of the molecule is Cc1nn(Cc2ccc(F)cc2)c(Cl)c1/C=C/C(=O)c1ccccc1[N+](=O)[O-]. The number of carbonyl (C=O) groups excluding carboxylic acids is 1. The van der Waals surface area contributed by atoms with Crippen molar-refractivity contribution < 1.29 is 14.1 Å². The molecule has 0 aliphatic rings. The van der Waals surface area contributed by atoms with Gasteiger partial charge in [0.2, 0.25) is 0 Å². The van der Waals surface area contributed by atoms with Gasteiger partial charge in [-0.05, 0) is 42.8 Å². The van der Waals surface area contributed by atoms with Crippen molar-refractivity contribution in [2.45, 2.75) is 13.5 Å². The van der Waals surface area contributed by atoms with Crippen molar-refractivity contribution in [3.8, 4) is 0 Å². The van der Waals surface area contributed by atoms with Gasteiger partial charge in [0, 0.05) is 11.6 Å². The van der Waals surface area contributed by atoms with Crippen molar-refractivity contribution in [3.63, 3.8) is 0 Å². The first-order chi connectivity index (χ1) is 13.4. The Morgan fingerprint density at radius 1 is 1.25 bits per heavy atom. The molecule has 0 saturated heterocycles. The summed E-state index contributed by atoms with van der Waals surface area (Å²) in [5.74, 6) is -0.835. The van der Waals surface area contributed by atoms with Crippen LogP contribution < -0.4 is 0 Å². The number of halogens is 2. The van der Waals surface area contributed by atoms with E-state index in [-0.39, 0.29) is 17.1 Å². The van der Waals surface area contributed by atoms with Crippen LogP contribution in [0.5, 0.6) is 0 Å². The quantitative estimate of drug-likeness (QED) is 0.257. The molecule has 3 aromatic rings. The van der Waals surface area contributed by atoms with Crippen LogP contribution in [0.15, 0.2) is 54.6 Å². The Morgan fingerprint density at radius 3 is 2.61 bits per heavy atom. The summed E-state index contributed by atoms with van der Waals surface area (Å²) in [6.07, 6.45) is 2.73. The highest BCUT2D eigenvalue weighted by Gasteiger charge is 2.18. The van der Waals surface area contributed by atoms with Crippen molar-refractivity contribution in [1.29, 1.82) is 0 Å². The number of nitrogens with zero attached hydrogens (tertiary/aromatic N) is 3. The van der Waals surface area contributed by atoms with Crippen LogP contribution in [0.25, 0.3) is 6.08 Å². The number of para-hydroxylation sites is 1. The minimum atomic E-state index is -0.597. The molecule has 28 heavy (non-hydrogen) atoms. The van der Waals surface area contributed by atoms with Gasteiger partial charge < -0.3 is 0 Å². The summed E-state index contributed by atoms with van der Waals surface area (Å²) in [7, 11) is 0. The van der Waals surface area contributed by atoms with Crippen LogP contribution in [-0.4, -0.2) is 20.5 Å². The molecule has 0 N–H and O–H groups in total. The van der Waals surface area contributed by atoms with E-state index in [0.29, 0.717) is 23.0 Å². The van der Waals surface area contributed by atoms with E-state index in [1.807, 2.05) is 0 Å². The molecule has 3 rings (SSSR count). The molecule has 0 atom stereocenters. The molecule has 142 valence electrons. The van der Waals surface area contributed by atoms with E-state index < -0.39 is 10.7 Å². The summed E-state index contributed by atoms with van der Waals surface area (Å²) in [5.41, 5.74) is 1.69. The standard InChI is InChI=1S/C20H15ClFN3O3/c1-13-16(10-11-19(26)17-4-2-3-5-18(17)25(27)28)20(21)24(23-13)12-14-6-8-15(22)9-7-14/h2-11H,12H2,1H3/b11-10+. The summed E-state index contributed by atoms with van der Waals surface area (Å²) in [6.45, 7) is 2.08. The molecular weight excluding hydrogens is 385 g/mol. The first-order valence-electron chi connectivity index (χ1n) is 8.30. The molecule has 0 spiro atoms. The first kappa shape index (κ1) is 19.4. The van der Waals surface area contributed by atoms with Gasteiger partial charge in [-0.2, -0.15) is 5.10 Å². The lowest BCUT2D eigenvalue weighted by Crippen LogP contribution is -2.02. The molecule has 0 saturated carbocycles. The zero-order valence-electron chi connectivity index (χ0n) is 14.8. The van der Waals surface area contributed by atoms with E-state index >= 15 is 0 Å². The fourth-order valence-electron chi connectivity index (χ4n) is 2.71. The molecule has 0 unspecified atom stereocenters. The Balaban J connectivity index is 1.85. The van der Waals surface area contributed by atoms with Gasteiger partial charge in [0.05, 0.1) is 22.7 Å². The minimum Gasteiger partial charge on any atom is -0.289 e. The van der Waals surface area contributed by atoms with Gasteiger partial charge in [0.15, 0.2) is 5.78 Å². The fraction of sp³-hybridized carbons (Fsp3) is 0.100. The molecule has 0 aliphatic carbocycles. The Kier molecular flexibility index (Phi) is 5.65. The van der Waals surface area contributed by atoms with Crippen molar-refractivity contribution in [1.82, 2.24) is 9.78 Å². The highest BCUT2D eigenvalue weighted by molar-refractivity contribution is 6.31. The second kappa shape index (κ2) is 8.14. The second-order valence-electron chi connectivity index (χ2n) is 6.05. The third kappa shape index (κ3) is 4.15. The third-order valence-corrected chi connectivity index (χ3v) is 4.52. The van der Waals surface area contributed by atoms with Crippen molar-refractivity contribution in [2.24, 2.45) is 0 Å². The molecule has 2 aromatic carbocycles. The summed E-state index contributed by atoms with van der Waals surface area (Å²) >= 11 is 6.38. The lowest BCUT2D eigenvalue weighted by atomic mass is 10.1. The molecule has 0 radical (unpaired) electrons. The second-order valence-corrected chi connectivity index (χ2v) is 6.40. The van der Waals surface area contributed by atoms with Gasteiger partial charge in [-0.3, -0.25) is 14.9 Å². The highest BCUT2D eigenvalue weighted by Crippen LogP contribution is 2.24. The van der Waals surface area contributed by atoms with Crippen LogP contribution in [0, 0.1) is 22.9 Å². The molecule has 6 nitrogen and oxygen atoms in total.